The van der Waals surface area contributed by atoms with E-state index < -0.39 is 5.91 Å². The van der Waals surface area contributed by atoms with E-state index in [1.807, 2.05) is 0 Å². The van der Waals surface area contributed by atoms with E-state index in [9.17, 15) is 4.79 Å². The molecule has 0 aliphatic rings. The van der Waals surface area contributed by atoms with E-state index in [0.717, 1.165) is 4.43 Å². The van der Waals surface area contributed by atoms with Crippen LogP contribution in [-0.2, 0) is 9.53 Å². The first-order valence-electron chi connectivity index (χ1n) is 2.19. The first kappa shape index (κ1) is 8.16. The van der Waals surface area contributed by atoms with Gasteiger partial charge in [-0.25, -0.2) is 0 Å². The number of halogens is 1. The summed E-state index contributed by atoms with van der Waals surface area (Å²) in [5.41, 5.74) is 4.77. The third-order valence-corrected chi connectivity index (χ3v) is 0.906. The fourth-order valence-corrected chi connectivity index (χ4v) is 0.539. The smallest absolute Gasteiger partial charge is 0.243 e. The number of carbonyl (C=O) groups excluding carboxylic acids is 1. The normalized spacial score (nSPS) is 9.12. The van der Waals surface area contributed by atoms with Gasteiger partial charge < -0.3 is 10.5 Å². The minimum absolute atomic E-state index is 0.0446. The zero-order valence-corrected chi connectivity index (χ0v) is 6.55. The van der Waals surface area contributed by atoms with E-state index >= 15 is 0 Å². The average molecular weight is 229 g/mol. The van der Waals surface area contributed by atoms with Gasteiger partial charge in [-0.3, -0.25) is 4.79 Å². The molecule has 0 heterocycles. The molecule has 0 atom stereocenters. The summed E-state index contributed by atoms with van der Waals surface area (Å²) in [4.78, 5) is 9.97. The molecule has 0 fully saturated rings. The number of alkyl halides is 1. The van der Waals surface area contributed by atoms with E-state index in [4.69, 9.17) is 10.5 Å². The highest BCUT2D eigenvalue weighted by atomic mass is 127. The average Bonchev–Trinajstić information content (AvgIpc) is 1.66. The van der Waals surface area contributed by atoms with E-state index in [0.29, 0.717) is 6.61 Å². The molecule has 0 unspecified atom stereocenters. The van der Waals surface area contributed by atoms with Crippen molar-refractivity contribution in [2.45, 2.75) is 0 Å². The molecule has 0 aromatic rings. The highest BCUT2D eigenvalue weighted by molar-refractivity contribution is 14.1. The van der Waals surface area contributed by atoms with Crippen molar-refractivity contribution in [3.63, 3.8) is 0 Å². The lowest BCUT2D eigenvalue weighted by Gasteiger charge is -1.94. The summed E-state index contributed by atoms with van der Waals surface area (Å²) in [6.45, 7) is 0.645. The molecule has 48 valence electrons. The van der Waals surface area contributed by atoms with E-state index in [-0.39, 0.29) is 6.61 Å². The van der Waals surface area contributed by atoms with Crippen LogP contribution in [0.4, 0.5) is 0 Å². The van der Waals surface area contributed by atoms with Gasteiger partial charge in [0.15, 0.2) is 0 Å². The molecular weight excluding hydrogens is 221 g/mol. The zero-order valence-electron chi connectivity index (χ0n) is 4.39. The lowest BCUT2D eigenvalue weighted by atomic mass is 10.7. The second kappa shape index (κ2) is 5.30. The van der Waals surface area contributed by atoms with Crippen LogP contribution in [0.3, 0.4) is 0 Å². The third kappa shape index (κ3) is 6.16. The summed E-state index contributed by atoms with van der Waals surface area (Å²) in [5, 5.41) is 0. The van der Waals surface area contributed by atoms with E-state index in [2.05, 4.69) is 22.6 Å². The van der Waals surface area contributed by atoms with Crippen LogP contribution in [0.15, 0.2) is 0 Å². The Bertz CT molecular complexity index is 76.4. The Morgan fingerprint density at radius 3 is 2.75 bits per heavy atom. The largest absolute Gasteiger partial charge is 0.371 e. The molecule has 0 spiro atoms. The quantitative estimate of drug-likeness (QED) is 0.416. The highest BCUT2D eigenvalue weighted by Crippen LogP contribution is 1.80. The van der Waals surface area contributed by atoms with Gasteiger partial charge in [0.2, 0.25) is 5.91 Å². The molecule has 0 aliphatic heterocycles. The van der Waals surface area contributed by atoms with Crippen LogP contribution in [-0.4, -0.2) is 23.5 Å². The maximum absolute atomic E-state index is 9.97. The van der Waals surface area contributed by atoms with Crippen LogP contribution < -0.4 is 5.73 Å². The van der Waals surface area contributed by atoms with Crippen molar-refractivity contribution in [3.8, 4) is 0 Å². The van der Waals surface area contributed by atoms with Gasteiger partial charge in [-0.05, 0) is 0 Å². The number of ether oxygens (including phenoxy) is 1. The van der Waals surface area contributed by atoms with Crippen LogP contribution >= 0.6 is 22.6 Å². The molecule has 0 aromatic heterocycles. The van der Waals surface area contributed by atoms with Crippen LogP contribution in [0.5, 0.6) is 0 Å². The molecule has 0 aromatic carbocycles. The van der Waals surface area contributed by atoms with Gasteiger partial charge >= 0.3 is 0 Å². The first-order valence-corrected chi connectivity index (χ1v) is 3.72. The number of rotatable bonds is 4. The van der Waals surface area contributed by atoms with E-state index in [1.165, 1.54) is 0 Å². The number of primary amides is 1. The molecule has 0 rings (SSSR count). The first-order chi connectivity index (χ1) is 3.77. The predicted molar refractivity (Wildman–Crippen MR) is 38.9 cm³/mol. The Kier molecular flexibility index (Phi) is 5.41. The topological polar surface area (TPSA) is 52.3 Å². The lowest BCUT2D eigenvalue weighted by Crippen LogP contribution is -2.18. The number of carbonyl (C=O) groups is 1. The number of nitrogens with two attached hydrogens (primary N) is 1. The zero-order chi connectivity index (χ0) is 6.41. The second-order valence-electron chi connectivity index (χ2n) is 1.21. The summed E-state index contributed by atoms with van der Waals surface area (Å²) in [5.74, 6) is -0.408. The van der Waals surface area contributed by atoms with Gasteiger partial charge in [0, 0.05) is 4.43 Å². The SMILES string of the molecule is NC(=O)COCCI. The predicted octanol–water partition coefficient (Wildman–Crippen LogP) is -0.0767. The molecule has 0 radical (unpaired) electrons. The molecule has 0 bridgehead atoms. The van der Waals surface area contributed by atoms with Crippen LogP contribution in [0.1, 0.15) is 0 Å². The van der Waals surface area contributed by atoms with Crippen molar-refractivity contribution in [1.29, 1.82) is 0 Å². The van der Waals surface area contributed by atoms with Gasteiger partial charge in [0.05, 0.1) is 6.61 Å². The molecule has 3 nitrogen and oxygen atoms in total. The van der Waals surface area contributed by atoms with Gasteiger partial charge in [-0.15, -0.1) is 0 Å². The Balaban J connectivity index is 2.82. The van der Waals surface area contributed by atoms with Crippen molar-refractivity contribution in [2.24, 2.45) is 5.73 Å². The summed E-state index contributed by atoms with van der Waals surface area (Å²) in [6, 6.07) is 0. The summed E-state index contributed by atoms with van der Waals surface area (Å²) in [6.07, 6.45) is 0. The van der Waals surface area contributed by atoms with Crippen molar-refractivity contribution in [2.75, 3.05) is 17.6 Å². The summed E-state index contributed by atoms with van der Waals surface area (Å²) in [7, 11) is 0. The Hall–Kier alpha value is 0.160. The lowest BCUT2D eigenvalue weighted by molar-refractivity contribution is -0.122. The minimum atomic E-state index is -0.408. The third-order valence-electron chi connectivity index (χ3n) is 0.466. The van der Waals surface area contributed by atoms with Gasteiger partial charge in [0.25, 0.3) is 0 Å². The monoisotopic (exact) mass is 229 g/mol. The standard InChI is InChI=1S/C4H8INO2/c5-1-2-8-3-4(6)7/h1-3H2,(H2,6,7). The van der Waals surface area contributed by atoms with Crippen molar-refractivity contribution < 1.29 is 9.53 Å². The van der Waals surface area contributed by atoms with Gasteiger partial charge in [-0.2, -0.15) is 0 Å². The van der Waals surface area contributed by atoms with Gasteiger partial charge in [0.1, 0.15) is 6.61 Å². The summed E-state index contributed by atoms with van der Waals surface area (Å²) >= 11 is 2.16. The van der Waals surface area contributed by atoms with Crippen LogP contribution in [0, 0.1) is 0 Å². The van der Waals surface area contributed by atoms with Crippen molar-refractivity contribution in [1.82, 2.24) is 0 Å². The van der Waals surface area contributed by atoms with Crippen LogP contribution in [0.25, 0.3) is 0 Å². The minimum Gasteiger partial charge on any atom is -0.371 e. The van der Waals surface area contributed by atoms with E-state index in [1.54, 1.807) is 0 Å². The number of hydrogen-bond acceptors (Lipinski definition) is 2. The molecule has 0 aliphatic carbocycles. The van der Waals surface area contributed by atoms with Crippen molar-refractivity contribution in [3.05, 3.63) is 0 Å². The number of hydrogen-bond donors (Lipinski definition) is 1. The molecule has 0 saturated carbocycles. The fraction of sp³-hybridized carbons (Fsp3) is 0.750. The fourth-order valence-electron chi connectivity index (χ4n) is 0.227. The maximum atomic E-state index is 9.97. The van der Waals surface area contributed by atoms with Crippen molar-refractivity contribution >= 4 is 28.5 Å². The number of amides is 1. The summed E-state index contributed by atoms with van der Waals surface area (Å²) < 4.78 is 5.66. The van der Waals surface area contributed by atoms with Crippen LogP contribution in [0.2, 0.25) is 0 Å². The molecule has 0 saturated heterocycles. The second-order valence-corrected chi connectivity index (χ2v) is 2.29. The van der Waals surface area contributed by atoms with Gasteiger partial charge in [-0.1, -0.05) is 22.6 Å². The molecular formula is C4H8INO2. The highest BCUT2D eigenvalue weighted by Gasteiger charge is 1.89. The Labute approximate surface area is 61.7 Å². The Morgan fingerprint density at radius 2 is 2.38 bits per heavy atom. The maximum Gasteiger partial charge on any atom is 0.243 e. The molecule has 2 N–H and O–H groups in total. The molecule has 8 heavy (non-hydrogen) atoms. The molecule has 1 amide bonds. The molecule has 4 heteroatoms. The Morgan fingerprint density at radius 1 is 1.75 bits per heavy atom.